The first-order valence-corrected chi connectivity index (χ1v) is 10.6. The summed E-state index contributed by atoms with van der Waals surface area (Å²) in [7, 11) is -3.70. The molecule has 152 valence electrons. The molecular formula is C18H24N4O5S. The number of sulfonamides is 1. The predicted octanol–water partition coefficient (Wildman–Crippen LogP) is 1.94. The Morgan fingerprint density at radius 2 is 2.07 bits per heavy atom. The summed E-state index contributed by atoms with van der Waals surface area (Å²) >= 11 is 0. The molecule has 1 atom stereocenters. The maximum Gasteiger partial charge on any atom is 0.265 e. The lowest BCUT2D eigenvalue weighted by atomic mass is 10.1. The third kappa shape index (κ3) is 4.02. The molecule has 0 saturated heterocycles. The number of benzene rings is 1. The summed E-state index contributed by atoms with van der Waals surface area (Å²) in [6.07, 6.45) is 1.27. The molecule has 0 saturated carbocycles. The number of aromatic nitrogens is 2. The molecule has 3 rings (SSSR count). The average Bonchev–Trinajstić information content (AvgIpc) is 3.11. The van der Waals surface area contributed by atoms with E-state index in [0.717, 1.165) is 0 Å². The number of hydrogen-bond donors (Lipinski definition) is 1. The molecule has 1 aromatic heterocycles. The monoisotopic (exact) mass is 408 g/mol. The van der Waals surface area contributed by atoms with E-state index in [1.807, 2.05) is 13.8 Å². The van der Waals surface area contributed by atoms with Crippen LogP contribution in [0.3, 0.4) is 0 Å². The Hall–Kier alpha value is -2.46. The minimum Gasteiger partial charge on any atom is -0.482 e. The normalized spacial score (nSPS) is 15.3. The first kappa shape index (κ1) is 20.3. The van der Waals surface area contributed by atoms with Crippen LogP contribution in [0, 0.1) is 6.92 Å². The molecule has 0 fully saturated rings. The summed E-state index contributed by atoms with van der Waals surface area (Å²) in [6, 6.07) is 2.91. The second-order valence-electron chi connectivity index (χ2n) is 6.74. The molecule has 9 nitrogen and oxygen atoms in total. The van der Waals surface area contributed by atoms with Gasteiger partial charge in [0.25, 0.3) is 5.91 Å². The molecule has 1 N–H and O–H groups in total. The van der Waals surface area contributed by atoms with Gasteiger partial charge in [0.15, 0.2) is 12.4 Å². The third-order valence-electron chi connectivity index (χ3n) is 4.57. The van der Waals surface area contributed by atoms with Gasteiger partial charge in [-0.3, -0.25) is 9.69 Å². The fourth-order valence-corrected chi connectivity index (χ4v) is 4.41. The summed E-state index contributed by atoms with van der Waals surface area (Å²) < 4.78 is 38.6. The summed E-state index contributed by atoms with van der Waals surface area (Å²) in [5.41, 5.74) is 0.999. The van der Waals surface area contributed by atoms with E-state index in [-0.39, 0.29) is 30.0 Å². The molecule has 0 spiro atoms. The van der Waals surface area contributed by atoms with E-state index < -0.39 is 10.0 Å². The summed E-state index contributed by atoms with van der Waals surface area (Å²) in [4.78, 5) is 18.2. The fraction of sp³-hybridized carbons (Fsp3) is 0.500. The van der Waals surface area contributed by atoms with Crippen molar-refractivity contribution in [2.45, 2.75) is 58.0 Å². The molecule has 1 aromatic carbocycles. The van der Waals surface area contributed by atoms with Gasteiger partial charge in [-0.05, 0) is 31.9 Å². The zero-order valence-electron chi connectivity index (χ0n) is 16.4. The minimum absolute atomic E-state index is 0.120. The number of rotatable bonds is 7. The number of hydrogen-bond acceptors (Lipinski definition) is 7. The highest BCUT2D eigenvalue weighted by atomic mass is 32.2. The van der Waals surface area contributed by atoms with Gasteiger partial charge >= 0.3 is 0 Å². The largest absolute Gasteiger partial charge is 0.482 e. The lowest BCUT2D eigenvalue weighted by Crippen LogP contribution is -2.39. The van der Waals surface area contributed by atoms with Crippen molar-refractivity contribution in [2.24, 2.45) is 0 Å². The third-order valence-corrected chi connectivity index (χ3v) is 6.30. The number of amides is 1. The van der Waals surface area contributed by atoms with Crippen LogP contribution in [0.25, 0.3) is 0 Å². The molecule has 1 amide bonds. The Morgan fingerprint density at radius 1 is 1.32 bits per heavy atom. The molecule has 1 aliphatic heterocycles. The quantitative estimate of drug-likeness (QED) is 0.744. The highest BCUT2D eigenvalue weighted by Crippen LogP contribution is 2.37. The first-order chi connectivity index (χ1) is 13.2. The van der Waals surface area contributed by atoms with Crippen LogP contribution in [0.15, 0.2) is 21.6 Å². The van der Waals surface area contributed by atoms with Crippen LogP contribution < -0.4 is 14.4 Å². The van der Waals surface area contributed by atoms with Gasteiger partial charge in [0.1, 0.15) is 5.75 Å². The second kappa shape index (κ2) is 7.88. The fourth-order valence-electron chi connectivity index (χ4n) is 2.85. The van der Waals surface area contributed by atoms with Gasteiger partial charge in [0.05, 0.1) is 17.1 Å². The van der Waals surface area contributed by atoms with Crippen molar-refractivity contribution in [3.8, 4) is 5.75 Å². The van der Waals surface area contributed by atoms with Gasteiger partial charge in [0.2, 0.25) is 15.9 Å². The van der Waals surface area contributed by atoms with Crippen LogP contribution in [0.1, 0.15) is 44.5 Å². The van der Waals surface area contributed by atoms with Gasteiger partial charge in [-0.25, -0.2) is 13.1 Å². The standard InChI is InChI=1S/C18H24N4O5S/c1-5-12(4)21-28(24,25)15-8-14-13(7-11(15)3)22(18(23)10-26-14)9-16-19-17(6-2)27-20-16/h7-8,12,21H,5-6,9-10H2,1-4H3/t12-/m0/s1. The number of carbonyl (C=O) groups is 1. The second-order valence-corrected chi connectivity index (χ2v) is 8.42. The maximum absolute atomic E-state index is 12.7. The molecule has 0 unspecified atom stereocenters. The minimum atomic E-state index is -3.70. The van der Waals surface area contributed by atoms with Gasteiger partial charge in [-0.1, -0.05) is 19.0 Å². The zero-order valence-corrected chi connectivity index (χ0v) is 17.2. The summed E-state index contributed by atoms with van der Waals surface area (Å²) in [6.45, 7) is 7.22. The van der Waals surface area contributed by atoms with E-state index in [4.69, 9.17) is 9.26 Å². The van der Waals surface area contributed by atoms with Gasteiger partial charge in [0, 0.05) is 18.5 Å². The Bertz CT molecular complexity index is 986. The zero-order chi connectivity index (χ0) is 20.5. The van der Waals surface area contributed by atoms with Crippen LogP contribution in [0.4, 0.5) is 5.69 Å². The number of carbonyl (C=O) groups excluding carboxylic acids is 1. The topological polar surface area (TPSA) is 115 Å². The number of ether oxygens (including phenoxy) is 1. The summed E-state index contributed by atoms with van der Waals surface area (Å²) in [5.74, 6) is 0.938. The number of anilines is 1. The maximum atomic E-state index is 12.7. The molecular weight excluding hydrogens is 384 g/mol. The summed E-state index contributed by atoms with van der Waals surface area (Å²) in [5, 5.41) is 3.88. The van der Waals surface area contributed by atoms with E-state index in [1.54, 1.807) is 19.9 Å². The van der Waals surface area contributed by atoms with Crippen molar-refractivity contribution >= 4 is 21.6 Å². The number of nitrogens with zero attached hydrogens (tertiary/aromatic N) is 3. The molecule has 2 heterocycles. The Balaban J connectivity index is 1.96. The first-order valence-electron chi connectivity index (χ1n) is 9.16. The van der Waals surface area contributed by atoms with Crippen molar-refractivity contribution in [1.82, 2.24) is 14.9 Å². The lowest BCUT2D eigenvalue weighted by molar-refractivity contribution is -0.121. The SMILES string of the molecule is CCc1nc(CN2C(=O)COc3cc(S(=O)(=O)N[C@@H](C)CC)c(C)cc32)no1. The molecule has 28 heavy (non-hydrogen) atoms. The highest BCUT2D eigenvalue weighted by Gasteiger charge is 2.30. The van der Waals surface area contributed by atoms with Crippen molar-refractivity contribution < 1.29 is 22.5 Å². The molecule has 2 aromatic rings. The molecule has 0 aliphatic carbocycles. The van der Waals surface area contributed by atoms with Crippen molar-refractivity contribution in [2.75, 3.05) is 11.5 Å². The smallest absolute Gasteiger partial charge is 0.265 e. The van der Waals surface area contributed by atoms with E-state index in [2.05, 4.69) is 14.9 Å². The van der Waals surface area contributed by atoms with Gasteiger partial charge in [-0.15, -0.1) is 0 Å². The number of nitrogens with one attached hydrogen (secondary N) is 1. The van der Waals surface area contributed by atoms with Gasteiger partial charge < -0.3 is 9.26 Å². The van der Waals surface area contributed by atoms with E-state index in [9.17, 15) is 13.2 Å². The van der Waals surface area contributed by atoms with E-state index in [0.29, 0.717) is 41.6 Å². The van der Waals surface area contributed by atoms with E-state index >= 15 is 0 Å². The van der Waals surface area contributed by atoms with Crippen LogP contribution in [-0.2, 0) is 27.8 Å². The van der Waals surface area contributed by atoms with Crippen LogP contribution in [-0.4, -0.2) is 37.1 Å². The van der Waals surface area contributed by atoms with Crippen LogP contribution in [0.2, 0.25) is 0 Å². The van der Waals surface area contributed by atoms with Gasteiger partial charge in [-0.2, -0.15) is 4.98 Å². The van der Waals surface area contributed by atoms with Crippen molar-refractivity contribution in [1.29, 1.82) is 0 Å². The molecule has 10 heteroatoms. The lowest BCUT2D eigenvalue weighted by Gasteiger charge is -2.29. The van der Waals surface area contributed by atoms with Crippen LogP contribution in [0.5, 0.6) is 5.75 Å². The molecule has 0 bridgehead atoms. The van der Waals surface area contributed by atoms with Crippen LogP contribution >= 0.6 is 0 Å². The molecule has 0 radical (unpaired) electrons. The van der Waals surface area contributed by atoms with Crippen molar-refractivity contribution in [3.63, 3.8) is 0 Å². The average molecular weight is 408 g/mol. The van der Waals surface area contributed by atoms with E-state index in [1.165, 1.54) is 11.0 Å². The highest BCUT2D eigenvalue weighted by molar-refractivity contribution is 7.89. The van der Waals surface area contributed by atoms with Crippen molar-refractivity contribution in [3.05, 3.63) is 29.4 Å². The predicted molar refractivity (Wildman–Crippen MR) is 102 cm³/mol. The Morgan fingerprint density at radius 3 is 2.71 bits per heavy atom. The Labute approximate surface area is 164 Å². The molecule has 1 aliphatic rings. The Kier molecular flexibility index (Phi) is 5.71. The number of fused-ring (bicyclic) bond motifs is 1. The number of aryl methyl sites for hydroxylation is 2.